The van der Waals surface area contributed by atoms with Gasteiger partial charge in [-0.2, -0.15) is 13.2 Å². The second-order valence-electron chi connectivity index (χ2n) is 7.88. The van der Waals surface area contributed by atoms with Crippen LogP contribution in [0.15, 0.2) is 61.6 Å². The van der Waals surface area contributed by atoms with Crippen LogP contribution in [0.5, 0.6) is 0 Å². The number of alkyl halides is 3. The molecule has 0 unspecified atom stereocenters. The monoisotopic (exact) mass is 555 g/mol. The van der Waals surface area contributed by atoms with Gasteiger partial charge in [-0.15, -0.1) is 11.3 Å². The first-order valence-corrected chi connectivity index (χ1v) is 12.9. The lowest BCUT2D eigenvalue weighted by Gasteiger charge is -2.36. The van der Waals surface area contributed by atoms with Crippen molar-refractivity contribution in [3.05, 3.63) is 63.0 Å². The van der Waals surface area contributed by atoms with Crippen molar-refractivity contribution in [3.63, 3.8) is 0 Å². The van der Waals surface area contributed by atoms with E-state index in [0.717, 1.165) is 24.6 Å². The van der Waals surface area contributed by atoms with E-state index in [1.807, 2.05) is 13.0 Å². The lowest BCUT2D eigenvalue weighted by atomic mass is 9.98. The van der Waals surface area contributed by atoms with E-state index in [-0.39, 0.29) is 27.9 Å². The van der Waals surface area contributed by atoms with Crippen molar-refractivity contribution in [1.82, 2.24) is 4.98 Å². The Balaban J connectivity index is 1.82. The molecule has 0 radical (unpaired) electrons. The Bertz CT molecular complexity index is 1140. The first kappa shape index (κ1) is 24.1. The predicted molar refractivity (Wildman–Crippen MR) is 130 cm³/mol. The molecule has 0 bridgehead atoms. The molecule has 2 aromatic carbocycles. The zero-order valence-electron chi connectivity index (χ0n) is 17.7. The molecular formula is C23H21BrF3N3OS2. The van der Waals surface area contributed by atoms with Gasteiger partial charge in [0.15, 0.2) is 3.92 Å². The number of thiazole rings is 1. The predicted octanol–water partition coefficient (Wildman–Crippen LogP) is 7.56. The third-order valence-corrected chi connectivity index (χ3v) is 7.76. The Labute approximate surface area is 206 Å². The molecule has 1 fully saturated rings. The molecule has 1 N–H and O–H groups in total. The van der Waals surface area contributed by atoms with E-state index >= 15 is 0 Å². The summed E-state index contributed by atoms with van der Waals surface area (Å²) in [6, 6.07) is 12.0. The van der Waals surface area contributed by atoms with E-state index in [1.165, 1.54) is 17.4 Å². The number of hydrogen-bond acceptors (Lipinski definition) is 5. The van der Waals surface area contributed by atoms with Crippen LogP contribution < -0.4 is 10.2 Å². The van der Waals surface area contributed by atoms with Crippen molar-refractivity contribution in [3.8, 4) is 0 Å². The Hall–Kier alpha value is -2.04. The van der Waals surface area contributed by atoms with E-state index in [1.54, 1.807) is 40.6 Å². The molecule has 0 spiro atoms. The second-order valence-corrected chi connectivity index (χ2v) is 11.1. The molecule has 0 saturated carbocycles. The summed E-state index contributed by atoms with van der Waals surface area (Å²) in [4.78, 5) is 19.4. The van der Waals surface area contributed by atoms with E-state index < -0.39 is 17.6 Å². The molecule has 33 heavy (non-hydrogen) atoms. The Morgan fingerprint density at radius 2 is 2.00 bits per heavy atom. The maximum Gasteiger partial charge on any atom is 0.419 e. The van der Waals surface area contributed by atoms with Gasteiger partial charge in [-0.05, 0) is 59.0 Å². The van der Waals surface area contributed by atoms with Crippen molar-refractivity contribution in [1.29, 1.82) is 0 Å². The number of amides is 1. The van der Waals surface area contributed by atoms with Crippen molar-refractivity contribution >= 4 is 56.3 Å². The fourth-order valence-corrected chi connectivity index (χ4v) is 5.90. The number of halogens is 4. The van der Waals surface area contributed by atoms with Gasteiger partial charge in [-0.25, -0.2) is 4.98 Å². The molecule has 1 atom stereocenters. The van der Waals surface area contributed by atoms with Gasteiger partial charge in [0, 0.05) is 28.3 Å². The number of anilines is 2. The summed E-state index contributed by atoms with van der Waals surface area (Å²) in [5.41, 5.74) is -0.399. The van der Waals surface area contributed by atoms with Crippen molar-refractivity contribution in [2.75, 3.05) is 23.3 Å². The van der Waals surface area contributed by atoms with Crippen LogP contribution in [0.4, 0.5) is 24.5 Å². The first-order chi connectivity index (χ1) is 15.7. The van der Waals surface area contributed by atoms with Crippen molar-refractivity contribution in [2.24, 2.45) is 5.92 Å². The number of carbonyl (C=O) groups excluding carboxylic acids is 1. The fourth-order valence-electron chi connectivity index (χ4n) is 3.91. The summed E-state index contributed by atoms with van der Waals surface area (Å²) >= 11 is 5.52. The minimum absolute atomic E-state index is 0.0256. The summed E-state index contributed by atoms with van der Waals surface area (Å²) in [6.07, 6.45) is -2.84. The highest BCUT2D eigenvalue weighted by atomic mass is 79.9. The SMILES string of the molecule is C[C@@H]1CCCN(c2c(NC(=O)c3csc(Br)n3)ccc(Sc3ccccc3)c2C(F)(F)F)C1. The quantitative estimate of drug-likeness (QED) is 0.352. The number of piperidine rings is 1. The fraction of sp³-hybridized carbons (Fsp3) is 0.304. The van der Waals surface area contributed by atoms with Crippen LogP contribution in [0.2, 0.25) is 0 Å². The average Bonchev–Trinajstić information content (AvgIpc) is 3.21. The molecule has 1 amide bonds. The molecule has 10 heteroatoms. The van der Waals surface area contributed by atoms with Crippen LogP contribution >= 0.6 is 39.0 Å². The van der Waals surface area contributed by atoms with Crippen LogP contribution in [0.1, 0.15) is 35.8 Å². The summed E-state index contributed by atoms with van der Waals surface area (Å²) in [5.74, 6) is -0.289. The standard InChI is InChI=1S/C23H21BrF3N3OS2/c1-14-6-5-11-30(12-14)20-16(28-21(31)17-13-32-22(24)29-17)9-10-18(19(20)23(25,26)27)33-15-7-3-2-4-8-15/h2-4,7-10,13-14H,5-6,11-12H2,1H3,(H,28,31)/t14-/m1/s1. The number of rotatable bonds is 5. The summed E-state index contributed by atoms with van der Waals surface area (Å²) in [6.45, 7) is 3.03. The molecule has 1 aliphatic rings. The number of aromatic nitrogens is 1. The summed E-state index contributed by atoms with van der Waals surface area (Å²) in [5, 5.41) is 4.25. The Morgan fingerprint density at radius 3 is 2.64 bits per heavy atom. The highest BCUT2D eigenvalue weighted by molar-refractivity contribution is 9.11. The third-order valence-electron chi connectivity index (χ3n) is 5.32. The average molecular weight is 556 g/mol. The van der Waals surface area contributed by atoms with E-state index in [4.69, 9.17) is 0 Å². The largest absolute Gasteiger partial charge is 0.419 e. The number of benzene rings is 2. The van der Waals surface area contributed by atoms with Crippen LogP contribution in [0, 0.1) is 5.92 Å². The number of hydrogen-bond donors (Lipinski definition) is 1. The van der Waals surface area contributed by atoms with Crippen molar-refractivity contribution in [2.45, 2.75) is 35.7 Å². The molecule has 3 aromatic rings. The summed E-state index contributed by atoms with van der Waals surface area (Å²) in [7, 11) is 0. The lowest BCUT2D eigenvalue weighted by Crippen LogP contribution is -2.36. The Morgan fingerprint density at radius 1 is 1.24 bits per heavy atom. The van der Waals surface area contributed by atoms with Crippen LogP contribution in [-0.4, -0.2) is 24.0 Å². The smallest absolute Gasteiger partial charge is 0.369 e. The number of carbonyl (C=O) groups is 1. The minimum atomic E-state index is -4.60. The van der Waals surface area contributed by atoms with Gasteiger partial charge in [-0.1, -0.05) is 36.9 Å². The van der Waals surface area contributed by atoms with E-state index in [2.05, 4.69) is 26.2 Å². The van der Waals surface area contributed by atoms with E-state index in [9.17, 15) is 18.0 Å². The maximum absolute atomic E-state index is 14.5. The van der Waals surface area contributed by atoms with Gasteiger partial charge in [0.05, 0.1) is 16.9 Å². The molecular weight excluding hydrogens is 535 g/mol. The Kier molecular flexibility index (Phi) is 7.35. The summed E-state index contributed by atoms with van der Waals surface area (Å²) < 4.78 is 44.1. The highest BCUT2D eigenvalue weighted by Crippen LogP contribution is 2.48. The van der Waals surface area contributed by atoms with Gasteiger partial charge in [0.25, 0.3) is 5.91 Å². The van der Waals surface area contributed by atoms with Crippen LogP contribution in [0.3, 0.4) is 0 Å². The molecule has 2 heterocycles. The first-order valence-electron chi connectivity index (χ1n) is 10.4. The maximum atomic E-state index is 14.5. The molecule has 4 nitrogen and oxygen atoms in total. The van der Waals surface area contributed by atoms with Crippen LogP contribution in [-0.2, 0) is 6.18 Å². The molecule has 4 rings (SSSR count). The van der Waals surface area contributed by atoms with Gasteiger partial charge in [-0.3, -0.25) is 4.79 Å². The molecule has 0 aliphatic carbocycles. The highest BCUT2D eigenvalue weighted by Gasteiger charge is 2.40. The number of nitrogens with zero attached hydrogens (tertiary/aromatic N) is 2. The topological polar surface area (TPSA) is 45.2 Å². The van der Waals surface area contributed by atoms with Gasteiger partial charge >= 0.3 is 6.18 Å². The zero-order valence-corrected chi connectivity index (χ0v) is 20.9. The van der Waals surface area contributed by atoms with Gasteiger partial charge < -0.3 is 10.2 Å². The molecule has 1 saturated heterocycles. The molecule has 1 aliphatic heterocycles. The third kappa shape index (κ3) is 5.73. The van der Waals surface area contributed by atoms with Gasteiger partial charge in [0.2, 0.25) is 0 Å². The molecule has 1 aromatic heterocycles. The zero-order chi connectivity index (χ0) is 23.6. The lowest BCUT2D eigenvalue weighted by molar-refractivity contribution is -0.139. The van der Waals surface area contributed by atoms with Crippen molar-refractivity contribution < 1.29 is 18.0 Å². The molecule has 174 valence electrons. The van der Waals surface area contributed by atoms with E-state index in [0.29, 0.717) is 21.9 Å². The van der Waals surface area contributed by atoms with Crippen LogP contribution in [0.25, 0.3) is 0 Å². The second kappa shape index (κ2) is 10.1. The normalized spacial score (nSPS) is 16.6. The minimum Gasteiger partial charge on any atom is -0.369 e. The van der Waals surface area contributed by atoms with Gasteiger partial charge in [0.1, 0.15) is 5.69 Å². The number of nitrogens with one attached hydrogen (secondary N) is 1.